The summed E-state index contributed by atoms with van der Waals surface area (Å²) >= 11 is 0. The molecule has 7 heteroatoms. The lowest BCUT2D eigenvalue weighted by Crippen LogP contribution is -2.41. The maximum absolute atomic E-state index is 13.5. The minimum absolute atomic E-state index is 0.0151. The van der Waals surface area contributed by atoms with Crippen molar-refractivity contribution in [3.8, 4) is 0 Å². The predicted molar refractivity (Wildman–Crippen MR) is 88.4 cm³/mol. The summed E-state index contributed by atoms with van der Waals surface area (Å²) in [5.41, 5.74) is 0.531. The second-order valence-electron chi connectivity index (χ2n) is 6.62. The first kappa shape index (κ1) is 17.4. The van der Waals surface area contributed by atoms with E-state index in [1.807, 2.05) is 0 Å². The average Bonchev–Trinajstić information content (AvgIpc) is 2.74. The maximum Gasteiger partial charge on any atom is 0.243 e. The molecule has 0 unspecified atom stereocenters. The van der Waals surface area contributed by atoms with Crippen LogP contribution >= 0.6 is 0 Å². The van der Waals surface area contributed by atoms with Crippen molar-refractivity contribution >= 4 is 15.9 Å². The van der Waals surface area contributed by atoms with Crippen LogP contribution in [0.4, 0.5) is 4.39 Å². The van der Waals surface area contributed by atoms with Crippen LogP contribution in [0, 0.1) is 18.7 Å². The number of nitrogens with zero attached hydrogens (tertiary/aromatic N) is 2. The Morgan fingerprint density at radius 3 is 2.54 bits per heavy atom. The molecule has 0 aromatic heterocycles. The molecular weight excluding hydrogens is 331 g/mol. The van der Waals surface area contributed by atoms with Gasteiger partial charge in [0, 0.05) is 32.1 Å². The van der Waals surface area contributed by atoms with Crippen molar-refractivity contribution in [2.24, 2.45) is 5.92 Å². The molecule has 0 bridgehead atoms. The van der Waals surface area contributed by atoms with Gasteiger partial charge in [-0.25, -0.2) is 12.8 Å². The number of carbonyl (C=O) groups excluding carboxylic acids is 1. The number of amides is 1. The third-order valence-electron chi connectivity index (χ3n) is 4.99. The Hall–Kier alpha value is -1.47. The smallest absolute Gasteiger partial charge is 0.243 e. The molecule has 132 valence electrons. The number of hydrogen-bond donors (Lipinski definition) is 0. The summed E-state index contributed by atoms with van der Waals surface area (Å²) in [5.74, 6) is -0.281. The lowest BCUT2D eigenvalue weighted by molar-refractivity contribution is -0.138. The number of carbonyl (C=O) groups is 1. The highest BCUT2D eigenvalue weighted by Crippen LogP contribution is 2.29. The predicted octanol–water partition coefficient (Wildman–Crippen LogP) is 2.16. The number of rotatable bonds is 3. The van der Waals surface area contributed by atoms with Gasteiger partial charge in [0.05, 0.1) is 4.90 Å². The molecule has 1 amide bonds. The minimum Gasteiger partial charge on any atom is -0.341 e. The SMILES string of the molecule is Cc1ccc(F)cc1S(=O)(=O)N1CCCN(C(=O)C2CCC2)CC1. The summed E-state index contributed by atoms with van der Waals surface area (Å²) in [6.07, 6.45) is 3.59. The Morgan fingerprint density at radius 1 is 1.12 bits per heavy atom. The largest absolute Gasteiger partial charge is 0.341 e. The third kappa shape index (κ3) is 3.32. The Labute approximate surface area is 142 Å². The zero-order chi connectivity index (χ0) is 17.3. The molecule has 1 saturated carbocycles. The highest BCUT2D eigenvalue weighted by Gasteiger charge is 2.33. The number of halogens is 1. The Bertz CT molecular complexity index is 731. The Balaban J connectivity index is 1.75. The first-order chi connectivity index (χ1) is 11.4. The molecule has 5 nitrogen and oxygen atoms in total. The molecule has 2 fully saturated rings. The lowest BCUT2D eigenvalue weighted by Gasteiger charge is -2.31. The number of aryl methyl sites for hydroxylation is 1. The first-order valence-corrected chi connectivity index (χ1v) is 9.88. The van der Waals surface area contributed by atoms with Gasteiger partial charge in [-0.1, -0.05) is 12.5 Å². The third-order valence-corrected chi connectivity index (χ3v) is 7.03. The van der Waals surface area contributed by atoms with E-state index in [2.05, 4.69) is 0 Å². The monoisotopic (exact) mass is 354 g/mol. The molecule has 2 aliphatic rings. The maximum atomic E-state index is 13.5. The van der Waals surface area contributed by atoms with Gasteiger partial charge >= 0.3 is 0 Å². The first-order valence-electron chi connectivity index (χ1n) is 8.44. The summed E-state index contributed by atoms with van der Waals surface area (Å²) in [4.78, 5) is 14.2. The van der Waals surface area contributed by atoms with Crippen LogP contribution in [0.3, 0.4) is 0 Å². The van der Waals surface area contributed by atoms with Crippen LogP contribution in [-0.4, -0.2) is 49.7 Å². The average molecular weight is 354 g/mol. The topological polar surface area (TPSA) is 57.7 Å². The van der Waals surface area contributed by atoms with E-state index in [1.165, 1.54) is 16.4 Å². The molecular formula is C17H23FN2O3S. The molecule has 1 aliphatic carbocycles. The number of sulfonamides is 1. The summed E-state index contributed by atoms with van der Waals surface area (Å²) < 4.78 is 40.6. The van der Waals surface area contributed by atoms with Gasteiger partial charge in [-0.05, 0) is 43.9 Å². The van der Waals surface area contributed by atoms with Crippen LogP contribution in [0.2, 0.25) is 0 Å². The van der Waals surface area contributed by atoms with Gasteiger partial charge in [-0.15, -0.1) is 0 Å². The van der Waals surface area contributed by atoms with Crippen LogP contribution in [0.15, 0.2) is 23.1 Å². The summed E-state index contributed by atoms with van der Waals surface area (Å²) in [6.45, 7) is 3.27. The van der Waals surface area contributed by atoms with Crippen LogP contribution < -0.4 is 0 Å². The molecule has 1 saturated heterocycles. The minimum atomic E-state index is -3.74. The van der Waals surface area contributed by atoms with Crippen molar-refractivity contribution in [3.63, 3.8) is 0 Å². The second kappa shape index (κ2) is 6.80. The quantitative estimate of drug-likeness (QED) is 0.836. The molecule has 0 radical (unpaired) electrons. The number of hydrogen-bond acceptors (Lipinski definition) is 3. The highest BCUT2D eigenvalue weighted by molar-refractivity contribution is 7.89. The fraction of sp³-hybridized carbons (Fsp3) is 0.588. The molecule has 1 aliphatic heterocycles. The van der Waals surface area contributed by atoms with Gasteiger partial charge in [0.1, 0.15) is 5.82 Å². The van der Waals surface area contributed by atoms with E-state index in [9.17, 15) is 17.6 Å². The molecule has 1 aromatic rings. The van der Waals surface area contributed by atoms with Crippen molar-refractivity contribution in [2.45, 2.75) is 37.5 Å². The van der Waals surface area contributed by atoms with Crippen molar-refractivity contribution in [3.05, 3.63) is 29.6 Å². The van der Waals surface area contributed by atoms with E-state index < -0.39 is 15.8 Å². The molecule has 1 heterocycles. The van der Waals surface area contributed by atoms with Crippen LogP contribution in [0.5, 0.6) is 0 Å². The van der Waals surface area contributed by atoms with E-state index >= 15 is 0 Å². The highest BCUT2D eigenvalue weighted by atomic mass is 32.2. The fourth-order valence-electron chi connectivity index (χ4n) is 3.26. The Morgan fingerprint density at radius 2 is 1.88 bits per heavy atom. The van der Waals surface area contributed by atoms with Gasteiger partial charge < -0.3 is 4.90 Å². The van der Waals surface area contributed by atoms with E-state index in [0.717, 1.165) is 25.3 Å². The summed E-state index contributed by atoms with van der Waals surface area (Å²) in [6, 6.07) is 3.81. The van der Waals surface area contributed by atoms with Gasteiger partial charge in [0.15, 0.2) is 0 Å². The summed E-state index contributed by atoms with van der Waals surface area (Å²) in [7, 11) is -3.74. The van der Waals surface area contributed by atoms with Crippen molar-refractivity contribution in [1.82, 2.24) is 9.21 Å². The molecule has 0 spiro atoms. The van der Waals surface area contributed by atoms with Crippen molar-refractivity contribution in [1.29, 1.82) is 0 Å². The van der Waals surface area contributed by atoms with Gasteiger partial charge in [-0.2, -0.15) is 4.31 Å². The second-order valence-corrected chi connectivity index (χ2v) is 8.53. The van der Waals surface area contributed by atoms with E-state index in [1.54, 1.807) is 11.8 Å². The van der Waals surface area contributed by atoms with Crippen molar-refractivity contribution < 1.29 is 17.6 Å². The van der Waals surface area contributed by atoms with E-state index in [0.29, 0.717) is 31.6 Å². The van der Waals surface area contributed by atoms with Crippen molar-refractivity contribution in [2.75, 3.05) is 26.2 Å². The van der Waals surface area contributed by atoms with Crippen LogP contribution in [-0.2, 0) is 14.8 Å². The van der Waals surface area contributed by atoms with E-state index in [-0.39, 0.29) is 23.3 Å². The van der Waals surface area contributed by atoms with Gasteiger partial charge in [-0.3, -0.25) is 4.79 Å². The normalized spacial score (nSPS) is 20.5. The van der Waals surface area contributed by atoms with E-state index in [4.69, 9.17) is 0 Å². The molecule has 0 N–H and O–H groups in total. The standard InChI is InChI=1S/C17H23FN2O3S/c1-13-6-7-15(18)12-16(13)24(22,23)20-9-3-8-19(10-11-20)17(21)14-4-2-5-14/h6-7,12,14H,2-5,8-11H2,1H3. The van der Waals surface area contributed by atoms with Crippen LogP contribution in [0.1, 0.15) is 31.2 Å². The zero-order valence-corrected chi connectivity index (χ0v) is 14.7. The van der Waals surface area contributed by atoms with Gasteiger partial charge in [0.2, 0.25) is 15.9 Å². The molecule has 1 aromatic carbocycles. The fourth-order valence-corrected chi connectivity index (χ4v) is 4.96. The Kier molecular flexibility index (Phi) is 4.92. The molecule has 24 heavy (non-hydrogen) atoms. The number of benzene rings is 1. The van der Waals surface area contributed by atoms with Crippen LogP contribution in [0.25, 0.3) is 0 Å². The van der Waals surface area contributed by atoms with Gasteiger partial charge in [0.25, 0.3) is 0 Å². The summed E-state index contributed by atoms with van der Waals surface area (Å²) in [5, 5.41) is 0. The lowest BCUT2D eigenvalue weighted by atomic mass is 9.84. The molecule has 0 atom stereocenters. The zero-order valence-electron chi connectivity index (χ0n) is 13.9. The molecule has 3 rings (SSSR count).